The summed E-state index contributed by atoms with van der Waals surface area (Å²) < 4.78 is 22.9. The zero-order chi connectivity index (χ0) is 57.6. The molecule has 0 aromatic heterocycles. The van der Waals surface area contributed by atoms with Gasteiger partial charge in [0.2, 0.25) is 0 Å². The maximum atomic E-state index is 12.9. The molecule has 0 aliphatic heterocycles. The van der Waals surface area contributed by atoms with Crippen molar-refractivity contribution in [3.8, 4) is 0 Å². The van der Waals surface area contributed by atoms with Crippen molar-refractivity contribution < 1.29 is 42.9 Å². The van der Waals surface area contributed by atoms with Crippen molar-refractivity contribution in [2.24, 2.45) is 0 Å². The van der Waals surface area contributed by atoms with E-state index in [4.69, 9.17) is 18.9 Å². The van der Waals surface area contributed by atoms with Gasteiger partial charge in [-0.05, 0) is 44.9 Å². The van der Waals surface area contributed by atoms with Crippen molar-refractivity contribution in [1.29, 1.82) is 0 Å². The van der Waals surface area contributed by atoms with Crippen LogP contribution in [0.15, 0.2) is 24.3 Å². The molecule has 0 radical (unpaired) electrons. The molecule has 9 heteroatoms. The zero-order valence-electron chi connectivity index (χ0n) is 53.3. The van der Waals surface area contributed by atoms with Crippen LogP contribution in [0, 0.1) is 0 Å². The molecule has 1 N–H and O–H groups in total. The van der Waals surface area contributed by atoms with E-state index in [1.807, 2.05) is 21.1 Å². The summed E-state index contributed by atoms with van der Waals surface area (Å²) in [6.07, 6.45) is 73.1. The van der Waals surface area contributed by atoms with Crippen LogP contribution in [0.2, 0.25) is 0 Å². The number of nitrogens with zero attached hydrogens (tertiary/aromatic N) is 1. The Bertz CT molecular complexity index is 1340. The third kappa shape index (κ3) is 63.2. The molecule has 0 amide bonds. The van der Waals surface area contributed by atoms with E-state index < -0.39 is 18.4 Å². The van der Waals surface area contributed by atoms with Crippen LogP contribution in [-0.2, 0) is 33.3 Å². The first-order valence-corrected chi connectivity index (χ1v) is 34.5. The van der Waals surface area contributed by atoms with Gasteiger partial charge in [0.1, 0.15) is 13.2 Å². The number of carbonyl (C=O) groups excluding carboxylic acids is 2. The first-order valence-electron chi connectivity index (χ1n) is 34.5. The fourth-order valence-corrected chi connectivity index (χ4v) is 10.4. The number of hydrogen-bond donors (Lipinski definition) is 1. The highest BCUT2D eigenvalue weighted by atomic mass is 16.7. The van der Waals surface area contributed by atoms with Crippen LogP contribution in [0.5, 0.6) is 0 Å². The van der Waals surface area contributed by atoms with Gasteiger partial charge in [-0.15, -0.1) is 0 Å². The molecule has 0 saturated carbocycles. The minimum atomic E-state index is -1.50. The van der Waals surface area contributed by atoms with Gasteiger partial charge in [0, 0.05) is 12.8 Å². The number of likely N-dealkylation sites (N-methyl/N-ethyl adjacent to an activating group) is 1. The van der Waals surface area contributed by atoms with Gasteiger partial charge in [-0.1, -0.05) is 314 Å². The lowest BCUT2D eigenvalue weighted by Gasteiger charge is -2.25. The molecule has 0 bridgehead atoms. The maximum absolute atomic E-state index is 12.9. The second-order valence-corrected chi connectivity index (χ2v) is 24.8. The first-order chi connectivity index (χ1) is 38.6. The summed E-state index contributed by atoms with van der Waals surface area (Å²) in [6.45, 7) is 4.93. The summed E-state index contributed by atoms with van der Waals surface area (Å²) in [5.41, 5.74) is 0. The molecule has 0 rings (SSSR count). The van der Waals surface area contributed by atoms with E-state index >= 15 is 0 Å². The smallest absolute Gasteiger partial charge is 0.361 e. The van der Waals surface area contributed by atoms with Crippen LogP contribution in [0.3, 0.4) is 0 Å². The molecule has 0 heterocycles. The Balaban J connectivity index is 3.92. The van der Waals surface area contributed by atoms with Crippen molar-refractivity contribution in [2.75, 3.05) is 47.5 Å². The summed E-state index contributed by atoms with van der Waals surface area (Å²) in [6, 6.07) is 0. The Morgan fingerprint density at radius 3 is 1.00 bits per heavy atom. The average Bonchev–Trinajstić information content (AvgIpc) is 3.42. The van der Waals surface area contributed by atoms with Crippen molar-refractivity contribution in [3.63, 3.8) is 0 Å². The van der Waals surface area contributed by atoms with Crippen molar-refractivity contribution in [2.45, 2.75) is 360 Å². The van der Waals surface area contributed by atoms with E-state index in [9.17, 15) is 19.5 Å². The highest BCUT2D eigenvalue weighted by molar-refractivity contribution is 5.71. The van der Waals surface area contributed by atoms with Crippen LogP contribution in [0.25, 0.3) is 0 Å². The molecule has 2 atom stereocenters. The first kappa shape index (κ1) is 76.8. The van der Waals surface area contributed by atoms with E-state index in [0.29, 0.717) is 17.4 Å². The highest BCUT2D eigenvalue weighted by Crippen LogP contribution is 2.19. The van der Waals surface area contributed by atoms with Gasteiger partial charge >= 0.3 is 17.9 Å². The Morgan fingerprint density at radius 1 is 0.380 bits per heavy atom. The molecule has 0 aromatic carbocycles. The van der Waals surface area contributed by atoms with Crippen LogP contribution >= 0.6 is 0 Å². The number of allylic oxidation sites excluding steroid dienone is 4. The zero-order valence-corrected chi connectivity index (χ0v) is 53.3. The van der Waals surface area contributed by atoms with E-state index in [1.54, 1.807) is 0 Å². The van der Waals surface area contributed by atoms with E-state index in [0.717, 1.165) is 44.9 Å². The standard InChI is InChI=1S/C70H133NO8/c1-6-8-10-12-14-16-18-20-22-23-24-25-26-27-28-29-30-31-32-33-34-35-36-37-38-39-40-41-42-43-44-45-47-49-51-53-55-57-59-61-68(73)79-66(65-78-70(69(74)75)76-63-62-71(3,4)5)64-77-67(72)60-58-56-54-52-50-48-46-21-19-17-15-13-11-9-7-2/h18,20,23-24,66,70H,6-17,19,21-22,25-65H2,1-5H3/p+1/b20-18-,24-23-. The summed E-state index contributed by atoms with van der Waals surface area (Å²) in [5, 5.41) is 9.72. The van der Waals surface area contributed by atoms with Crippen LogP contribution < -0.4 is 0 Å². The molecule has 0 saturated heterocycles. The van der Waals surface area contributed by atoms with Gasteiger partial charge in [-0.3, -0.25) is 9.59 Å². The van der Waals surface area contributed by atoms with E-state index in [1.165, 1.54) is 276 Å². The van der Waals surface area contributed by atoms with Crippen molar-refractivity contribution >= 4 is 17.9 Å². The Morgan fingerprint density at radius 2 is 0.684 bits per heavy atom. The van der Waals surface area contributed by atoms with Crippen molar-refractivity contribution in [1.82, 2.24) is 0 Å². The van der Waals surface area contributed by atoms with Gasteiger partial charge < -0.3 is 28.5 Å². The summed E-state index contributed by atoms with van der Waals surface area (Å²) in [5.74, 6) is -1.97. The summed E-state index contributed by atoms with van der Waals surface area (Å²) in [4.78, 5) is 37.5. The molecule has 79 heavy (non-hydrogen) atoms. The van der Waals surface area contributed by atoms with E-state index in [-0.39, 0.29) is 38.2 Å². The third-order valence-electron chi connectivity index (χ3n) is 15.7. The molecule has 0 spiro atoms. The molecular formula is C70H134NO8+. The van der Waals surface area contributed by atoms with E-state index in [2.05, 4.69) is 38.2 Å². The Labute approximate surface area is 490 Å². The predicted octanol–water partition coefficient (Wildman–Crippen LogP) is 21.0. The van der Waals surface area contributed by atoms with Crippen LogP contribution in [0.1, 0.15) is 348 Å². The number of hydrogen-bond acceptors (Lipinski definition) is 7. The minimum absolute atomic E-state index is 0.174. The number of quaternary nitrogens is 1. The lowest BCUT2D eigenvalue weighted by Crippen LogP contribution is -2.40. The fourth-order valence-electron chi connectivity index (χ4n) is 10.4. The predicted molar refractivity (Wildman–Crippen MR) is 337 cm³/mol. The number of aliphatic carboxylic acids is 1. The molecule has 2 unspecified atom stereocenters. The monoisotopic (exact) mass is 1120 g/mol. The van der Waals surface area contributed by atoms with Gasteiger partial charge in [0.05, 0.1) is 34.4 Å². The average molecular weight is 1120 g/mol. The minimum Gasteiger partial charge on any atom is -0.477 e. The van der Waals surface area contributed by atoms with Gasteiger partial charge in [0.25, 0.3) is 6.29 Å². The Hall–Kier alpha value is -2.23. The number of ether oxygens (including phenoxy) is 4. The highest BCUT2D eigenvalue weighted by Gasteiger charge is 2.25. The second-order valence-electron chi connectivity index (χ2n) is 24.8. The number of carbonyl (C=O) groups is 3. The second kappa shape index (κ2) is 61.8. The molecule has 0 aliphatic carbocycles. The lowest BCUT2D eigenvalue weighted by atomic mass is 10.0. The van der Waals surface area contributed by atoms with Gasteiger partial charge in [-0.2, -0.15) is 0 Å². The number of esters is 2. The van der Waals surface area contributed by atoms with Crippen LogP contribution in [0.4, 0.5) is 0 Å². The number of rotatable bonds is 65. The number of unbranched alkanes of at least 4 members (excludes halogenated alkanes) is 46. The van der Waals surface area contributed by atoms with Gasteiger partial charge in [0.15, 0.2) is 6.10 Å². The van der Waals surface area contributed by atoms with Crippen molar-refractivity contribution in [3.05, 3.63) is 24.3 Å². The number of carboxylic acids is 1. The SMILES string of the molecule is CCCCCCC/C=C\C/C=C\CCCCCCCCCCCCCCCCCCCCCCCCCCCCCC(=O)OC(COC(=O)CCCCCCCCCCCCCCCCC)COC(OCC[N+](C)(C)C)C(=O)O. The Kier molecular flexibility index (Phi) is 60.1. The molecule has 0 fully saturated rings. The van der Waals surface area contributed by atoms with Gasteiger partial charge in [-0.25, -0.2) is 4.79 Å². The normalized spacial score (nSPS) is 12.8. The summed E-state index contributed by atoms with van der Waals surface area (Å²) >= 11 is 0. The summed E-state index contributed by atoms with van der Waals surface area (Å²) in [7, 11) is 5.99. The quantitative estimate of drug-likeness (QED) is 0.0211. The largest absolute Gasteiger partial charge is 0.477 e. The topological polar surface area (TPSA) is 108 Å². The fraction of sp³-hybridized carbons (Fsp3) is 0.900. The lowest BCUT2D eigenvalue weighted by molar-refractivity contribution is -0.870. The molecule has 0 aliphatic rings. The number of carboxylic acid groups (broad SMARTS) is 1. The van der Waals surface area contributed by atoms with Crippen LogP contribution in [-0.4, -0.2) is 87.4 Å². The molecular weight excluding hydrogens is 983 g/mol. The molecule has 0 aromatic rings. The maximum Gasteiger partial charge on any atom is 0.361 e. The third-order valence-corrected chi connectivity index (χ3v) is 15.7. The molecule has 466 valence electrons. The molecule has 9 nitrogen and oxygen atoms in total.